The SMILES string of the molecule is O=C1C(=Cc2ccccc2O)SC(=S)N1N=Cc1cccc(Br)c1. The number of phenols is 1. The molecule has 0 bridgehead atoms. The number of amides is 1. The summed E-state index contributed by atoms with van der Waals surface area (Å²) in [5, 5.41) is 15.2. The van der Waals surface area contributed by atoms with E-state index in [0.717, 1.165) is 21.8 Å². The van der Waals surface area contributed by atoms with Gasteiger partial charge in [-0.25, -0.2) is 0 Å². The van der Waals surface area contributed by atoms with E-state index >= 15 is 0 Å². The highest BCUT2D eigenvalue weighted by molar-refractivity contribution is 9.10. The van der Waals surface area contributed by atoms with Crippen molar-refractivity contribution in [3.05, 3.63) is 69.0 Å². The van der Waals surface area contributed by atoms with E-state index in [-0.39, 0.29) is 11.7 Å². The summed E-state index contributed by atoms with van der Waals surface area (Å²) in [6.45, 7) is 0. The smallest absolute Gasteiger partial charge is 0.286 e. The summed E-state index contributed by atoms with van der Waals surface area (Å²) in [5.41, 5.74) is 1.41. The average Bonchev–Trinajstić information content (AvgIpc) is 2.82. The summed E-state index contributed by atoms with van der Waals surface area (Å²) in [4.78, 5) is 12.9. The second-order valence-electron chi connectivity index (χ2n) is 4.85. The molecule has 1 aliphatic rings. The van der Waals surface area contributed by atoms with E-state index in [4.69, 9.17) is 12.2 Å². The summed E-state index contributed by atoms with van der Waals surface area (Å²) in [6.07, 6.45) is 3.20. The Bertz CT molecular complexity index is 880. The molecule has 7 heteroatoms. The maximum atomic E-state index is 12.5. The van der Waals surface area contributed by atoms with Gasteiger partial charge >= 0.3 is 0 Å². The normalized spacial score (nSPS) is 16.5. The Kier molecular flexibility index (Phi) is 5.13. The third kappa shape index (κ3) is 3.75. The van der Waals surface area contributed by atoms with Gasteiger partial charge in [-0.05, 0) is 42.1 Å². The fourth-order valence-electron chi connectivity index (χ4n) is 2.02. The van der Waals surface area contributed by atoms with E-state index in [9.17, 15) is 9.90 Å². The largest absolute Gasteiger partial charge is 0.507 e. The van der Waals surface area contributed by atoms with Crippen molar-refractivity contribution >= 4 is 62.4 Å². The van der Waals surface area contributed by atoms with E-state index in [2.05, 4.69) is 21.0 Å². The van der Waals surface area contributed by atoms with Crippen LogP contribution in [0.15, 0.2) is 63.0 Å². The Hall–Kier alpha value is -1.96. The molecule has 0 saturated carbocycles. The summed E-state index contributed by atoms with van der Waals surface area (Å²) < 4.78 is 1.28. The van der Waals surface area contributed by atoms with Gasteiger partial charge in [0.25, 0.3) is 5.91 Å². The second-order valence-corrected chi connectivity index (χ2v) is 7.44. The standard InChI is InChI=1S/C17H11BrN2O2S2/c18-13-6-3-4-11(8-13)10-19-20-16(22)15(24-17(20)23)9-12-5-1-2-7-14(12)21/h1-10,21H. The molecule has 2 aromatic rings. The Balaban J connectivity index is 1.83. The molecule has 0 aromatic heterocycles. The van der Waals surface area contributed by atoms with Crippen molar-refractivity contribution in [1.82, 2.24) is 5.01 Å². The third-order valence-electron chi connectivity index (χ3n) is 3.17. The number of thiocarbonyl (C=S) groups is 1. The number of rotatable bonds is 3. The summed E-state index contributed by atoms with van der Waals surface area (Å²) in [6, 6.07) is 14.4. The minimum Gasteiger partial charge on any atom is -0.507 e. The van der Waals surface area contributed by atoms with Gasteiger partial charge in [0.2, 0.25) is 0 Å². The molecule has 1 amide bonds. The van der Waals surface area contributed by atoms with Crippen molar-refractivity contribution in [2.75, 3.05) is 0 Å². The lowest BCUT2D eigenvalue weighted by Crippen LogP contribution is -2.22. The van der Waals surface area contributed by atoms with Gasteiger partial charge in [0.15, 0.2) is 4.32 Å². The minimum absolute atomic E-state index is 0.111. The Morgan fingerprint density at radius 3 is 2.75 bits per heavy atom. The lowest BCUT2D eigenvalue weighted by Gasteiger charge is -2.06. The molecule has 120 valence electrons. The maximum absolute atomic E-state index is 12.5. The first-order chi connectivity index (χ1) is 11.5. The van der Waals surface area contributed by atoms with Crippen molar-refractivity contribution in [1.29, 1.82) is 0 Å². The third-order valence-corrected chi connectivity index (χ3v) is 4.94. The number of para-hydroxylation sites is 1. The molecule has 2 aromatic carbocycles. The van der Waals surface area contributed by atoms with Crippen LogP contribution in [0.3, 0.4) is 0 Å². The molecule has 0 unspecified atom stereocenters. The van der Waals surface area contributed by atoms with Crippen molar-refractivity contribution in [3.8, 4) is 5.75 Å². The number of phenolic OH excluding ortho intramolecular Hbond substituents is 1. The van der Waals surface area contributed by atoms with E-state index in [1.165, 1.54) is 5.01 Å². The van der Waals surface area contributed by atoms with E-state index in [1.807, 2.05) is 24.3 Å². The average molecular weight is 419 g/mol. The summed E-state index contributed by atoms with van der Waals surface area (Å²) >= 11 is 9.77. The Morgan fingerprint density at radius 2 is 2.00 bits per heavy atom. The molecule has 3 rings (SSSR count). The van der Waals surface area contributed by atoms with Gasteiger partial charge in [0.05, 0.1) is 11.1 Å². The first-order valence-corrected chi connectivity index (χ1v) is 8.92. The van der Waals surface area contributed by atoms with Gasteiger partial charge in [-0.15, -0.1) is 0 Å². The first-order valence-electron chi connectivity index (χ1n) is 6.90. The molecule has 1 heterocycles. The van der Waals surface area contributed by atoms with Crippen molar-refractivity contribution < 1.29 is 9.90 Å². The van der Waals surface area contributed by atoms with Gasteiger partial charge in [0.1, 0.15) is 5.75 Å². The predicted octanol–water partition coefficient (Wildman–Crippen LogP) is 4.39. The lowest BCUT2D eigenvalue weighted by atomic mass is 10.2. The molecule has 0 aliphatic carbocycles. The maximum Gasteiger partial charge on any atom is 0.286 e. The van der Waals surface area contributed by atoms with Gasteiger partial charge in [-0.1, -0.05) is 58.0 Å². The zero-order valence-electron chi connectivity index (χ0n) is 12.2. The number of aromatic hydroxyl groups is 1. The highest BCUT2D eigenvalue weighted by atomic mass is 79.9. The van der Waals surface area contributed by atoms with Crippen molar-refractivity contribution in [2.45, 2.75) is 0 Å². The van der Waals surface area contributed by atoms with E-state index in [1.54, 1.807) is 36.6 Å². The predicted molar refractivity (Wildman–Crippen MR) is 105 cm³/mol. The number of hydrazone groups is 1. The van der Waals surface area contributed by atoms with Crippen LogP contribution in [-0.2, 0) is 4.79 Å². The number of benzene rings is 2. The van der Waals surface area contributed by atoms with Gasteiger partial charge in [-0.3, -0.25) is 4.79 Å². The fraction of sp³-hybridized carbons (Fsp3) is 0. The highest BCUT2D eigenvalue weighted by Crippen LogP contribution is 2.34. The number of halogens is 1. The zero-order valence-corrected chi connectivity index (χ0v) is 15.4. The number of nitrogens with zero attached hydrogens (tertiary/aromatic N) is 2. The molecule has 0 spiro atoms. The molecular formula is C17H11BrN2O2S2. The van der Waals surface area contributed by atoms with Crippen LogP contribution in [0.5, 0.6) is 5.75 Å². The molecule has 1 aliphatic heterocycles. The molecule has 1 N–H and O–H groups in total. The summed E-state index contributed by atoms with van der Waals surface area (Å²) in [7, 11) is 0. The van der Waals surface area contributed by atoms with Gasteiger partial charge in [-0.2, -0.15) is 10.1 Å². The van der Waals surface area contributed by atoms with Crippen LogP contribution < -0.4 is 0 Å². The van der Waals surface area contributed by atoms with Crippen molar-refractivity contribution in [3.63, 3.8) is 0 Å². The molecule has 0 radical (unpaired) electrons. The van der Waals surface area contributed by atoms with Crippen molar-refractivity contribution in [2.24, 2.45) is 5.10 Å². The molecule has 1 fully saturated rings. The topological polar surface area (TPSA) is 52.9 Å². The van der Waals surface area contributed by atoms with Gasteiger partial charge in [0, 0.05) is 10.0 Å². The highest BCUT2D eigenvalue weighted by Gasteiger charge is 2.32. The minimum atomic E-state index is -0.306. The van der Waals surface area contributed by atoms with Crippen LogP contribution in [-0.4, -0.2) is 26.6 Å². The van der Waals surface area contributed by atoms with Gasteiger partial charge < -0.3 is 5.11 Å². The van der Waals surface area contributed by atoms with Crippen LogP contribution in [0.1, 0.15) is 11.1 Å². The van der Waals surface area contributed by atoms with Crippen LogP contribution in [0, 0.1) is 0 Å². The molecule has 1 saturated heterocycles. The van der Waals surface area contributed by atoms with Crippen LogP contribution in [0.25, 0.3) is 6.08 Å². The molecular weight excluding hydrogens is 408 g/mol. The molecule has 24 heavy (non-hydrogen) atoms. The number of carbonyl (C=O) groups excluding carboxylic acids is 1. The van der Waals surface area contributed by atoms with Crippen LogP contribution >= 0.6 is 39.9 Å². The molecule has 0 atom stereocenters. The lowest BCUT2D eigenvalue weighted by molar-refractivity contribution is -0.122. The number of hydrogen-bond acceptors (Lipinski definition) is 5. The quantitative estimate of drug-likeness (QED) is 0.456. The Morgan fingerprint density at radius 1 is 1.21 bits per heavy atom. The van der Waals surface area contributed by atoms with Crippen LogP contribution in [0.4, 0.5) is 0 Å². The zero-order chi connectivity index (χ0) is 17.1. The van der Waals surface area contributed by atoms with E-state index < -0.39 is 0 Å². The fourth-order valence-corrected chi connectivity index (χ4v) is 3.60. The number of carbonyl (C=O) groups is 1. The van der Waals surface area contributed by atoms with Crippen LogP contribution in [0.2, 0.25) is 0 Å². The molecule has 4 nitrogen and oxygen atoms in total. The Labute approximate surface area is 157 Å². The van der Waals surface area contributed by atoms with E-state index in [0.29, 0.717) is 14.8 Å². The first kappa shape index (κ1) is 16.9. The number of hydrogen-bond donors (Lipinski definition) is 1. The number of thioether (sulfide) groups is 1. The monoisotopic (exact) mass is 418 g/mol. The second kappa shape index (κ2) is 7.29. The summed E-state index contributed by atoms with van der Waals surface area (Å²) in [5.74, 6) is -0.195.